The van der Waals surface area contributed by atoms with E-state index in [4.69, 9.17) is 0 Å². The van der Waals surface area contributed by atoms with Crippen LogP contribution in [0.25, 0.3) is 0 Å². The van der Waals surface area contributed by atoms with Gasteiger partial charge in [-0.2, -0.15) is 13.2 Å². The third kappa shape index (κ3) is 5.84. The van der Waals surface area contributed by atoms with Crippen LogP contribution in [0.1, 0.15) is 36.1 Å². The minimum absolute atomic E-state index is 0.0386. The first-order valence-corrected chi connectivity index (χ1v) is 10.6. The van der Waals surface area contributed by atoms with Crippen LogP contribution in [0.2, 0.25) is 0 Å². The molecule has 0 unspecified atom stereocenters. The highest BCUT2D eigenvalue weighted by Crippen LogP contribution is 2.42. The molecule has 0 bridgehead atoms. The van der Waals surface area contributed by atoms with Gasteiger partial charge in [-0.05, 0) is 48.6 Å². The number of hydrogen-bond acceptors (Lipinski definition) is 4. The number of anilines is 1. The Hall–Kier alpha value is -2.88. The first-order chi connectivity index (χ1) is 14.7. The van der Waals surface area contributed by atoms with Gasteiger partial charge in [-0.3, -0.25) is 14.4 Å². The number of carbonyl (C=O) groups excluding carboxylic acids is 3. The molecular weight excluding hydrogens is 431 g/mol. The molecule has 166 valence electrons. The van der Waals surface area contributed by atoms with Crippen LogP contribution in [0.5, 0.6) is 0 Å². The highest BCUT2D eigenvalue weighted by atomic mass is 32.1. The molecule has 0 aliphatic heterocycles. The van der Waals surface area contributed by atoms with Crippen LogP contribution >= 0.6 is 11.3 Å². The maximum Gasteiger partial charge on any atom is 0.416 e. The molecule has 1 heterocycles. The van der Waals surface area contributed by atoms with Crippen molar-refractivity contribution in [1.82, 2.24) is 10.6 Å². The zero-order valence-corrected chi connectivity index (χ0v) is 17.4. The fourth-order valence-corrected chi connectivity index (χ4v) is 4.63. The van der Waals surface area contributed by atoms with Gasteiger partial charge in [0, 0.05) is 22.5 Å². The fourth-order valence-electron chi connectivity index (χ4n) is 3.64. The van der Waals surface area contributed by atoms with E-state index in [9.17, 15) is 27.6 Å². The monoisotopic (exact) mass is 453 g/mol. The zero-order valence-electron chi connectivity index (χ0n) is 16.6. The molecule has 0 radical (unpaired) electrons. The molecule has 3 N–H and O–H groups in total. The Morgan fingerprint density at radius 2 is 1.65 bits per heavy atom. The first kappa shape index (κ1) is 22.8. The third-order valence-electron chi connectivity index (χ3n) is 5.31. The van der Waals surface area contributed by atoms with E-state index in [1.54, 1.807) is 11.3 Å². The molecule has 10 heteroatoms. The van der Waals surface area contributed by atoms with E-state index in [0.29, 0.717) is 6.54 Å². The second-order valence-corrected chi connectivity index (χ2v) is 8.40. The van der Waals surface area contributed by atoms with Crippen molar-refractivity contribution >= 4 is 34.7 Å². The van der Waals surface area contributed by atoms with E-state index < -0.39 is 29.5 Å². The maximum absolute atomic E-state index is 12.6. The molecule has 0 atom stereocenters. The van der Waals surface area contributed by atoms with Crippen molar-refractivity contribution in [2.75, 3.05) is 18.4 Å². The lowest BCUT2D eigenvalue weighted by Crippen LogP contribution is -2.45. The second kappa shape index (κ2) is 9.51. The lowest BCUT2D eigenvalue weighted by molar-refractivity contribution is -0.137. The highest BCUT2D eigenvalue weighted by Gasteiger charge is 2.36. The summed E-state index contributed by atoms with van der Waals surface area (Å²) in [6, 6.07) is 7.74. The van der Waals surface area contributed by atoms with Gasteiger partial charge in [-0.1, -0.05) is 18.9 Å². The number of hydrogen-bond donors (Lipinski definition) is 3. The van der Waals surface area contributed by atoms with E-state index >= 15 is 0 Å². The van der Waals surface area contributed by atoms with Crippen molar-refractivity contribution in [1.29, 1.82) is 0 Å². The Balaban J connectivity index is 1.45. The standard InChI is InChI=1S/C21H22F3N3O3S/c22-21(23,24)14-5-7-15(8-6-14)27-19(30)18(29)25-12-17(28)26-13-20(9-1-2-10-20)16-4-3-11-31-16/h3-8,11H,1-2,9-10,12-13H2,(H,25,29)(H,26,28)(H,27,30). The van der Waals surface area contributed by atoms with Crippen molar-refractivity contribution in [2.24, 2.45) is 0 Å². The molecule has 6 nitrogen and oxygen atoms in total. The van der Waals surface area contributed by atoms with E-state index in [2.05, 4.69) is 22.0 Å². The fraction of sp³-hybridized carbons (Fsp3) is 0.381. The summed E-state index contributed by atoms with van der Waals surface area (Å²) in [6.45, 7) is 0.0831. The highest BCUT2D eigenvalue weighted by molar-refractivity contribution is 7.10. The van der Waals surface area contributed by atoms with E-state index in [-0.39, 0.29) is 17.6 Å². The van der Waals surface area contributed by atoms with Crippen LogP contribution in [-0.4, -0.2) is 30.8 Å². The van der Waals surface area contributed by atoms with Gasteiger partial charge in [0.15, 0.2) is 0 Å². The van der Waals surface area contributed by atoms with Crippen LogP contribution in [0.4, 0.5) is 18.9 Å². The quantitative estimate of drug-likeness (QED) is 0.586. The van der Waals surface area contributed by atoms with Crippen LogP contribution < -0.4 is 16.0 Å². The Bertz CT molecular complexity index is 922. The number of alkyl halides is 3. The summed E-state index contributed by atoms with van der Waals surface area (Å²) in [5.74, 6) is -2.54. The average Bonchev–Trinajstić information content (AvgIpc) is 3.42. The SMILES string of the molecule is O=C(CNC(=O)C(=O)Nc1ccc(C(F)(F)F)cc1)NCC1(c2cccs2)CCCC1. The van der Waals surface area contributed by atoms with Gasteiger partial charge in [0.25, 0.3) is 0 Å². The number of nitrogens with one attached hydrogen (secondary N) is 3. The van der Waals surface area contributed by atoms with Gasteiger partial charge in [0.05, 0.1) is 12.1 Å². The van der Waals surface area contributed by atoms with Crippen molar-refractivity contribution in [2.45, 2.75) is 37.3 Å². The zero-order chi connectivity index (χ0) is 22.5. The number of carbonyl (C=O) groups is 3. The number of thiophene rings is 1. The molecule has 1 fully saturated rings. The molecule has 1 aromatic carbocycles. The average molecular weight is 453 g/mol. The Morgan fingerprint density at radius 3 is 2.23 bits per heavy atom. The molecule has 3 rings (SSSR count). The Labute approximate surface area is 181 Å². The van der Waals surface area contributed by atoms with Gasteiger partial charge in [0.1, 0.15) is 0 Å². The van der Waals surface area contributed by atoms with Gasteiger partial charge in [-0.15, -0.1) is 11.3 Å². The van der Waals surface area contributed by atoms with Crippen molar-refractivity contribution < 1.29 is 27.6 Å². The molecule has 1 saturated carbocycles. The molecule has 0 spiro atoms. The topological polar surface area (TPSA) is 87.3 Å². The van der Waals surface area contributed by atoms with Crippen LogP contribution in [0.3, 0.4) is 0 Å². The number of amides is 3. The van der Waals surface area contributed by atoms with Crippen molar-refractivity contribution in [3.63, 3.8) is 0 Å². The van der Waals surface area contributed by atoms with Gasteiger partial charge in [-0.25, -0.2) is 0 Å². The summed E-state index contributed by atoms with van der Waals surface area (Å²) in [7, 11) is 0. The Morgan fingerprint density at radius 1 is 0.968 bits per heavy atom. The van der Waals surface area contributed by atoms with E-state index in [1.165, 1.54) is 4.88 Å². The second-order valence-electron chi connectivity index (χ2n) is 7.45. The number of benzene rings is 1. The summed E-state index contributed by atoms with van der Waals surface area (Å²) in [6.07, 6.45) is -0.345. The molecule has 1 aliphatic rings. The molecule has 1 aromatic heterocycles. The minimum Gasteiger partial charge on any atom is -0.354 e. The molecule has 31 heavy (non-hydrogen) atoms. The van der Waals surface area contributed by atoms with Crippen LogP contribution in [0, 0.1) is 0 Å². The molecular formula is C21H22F3N3O3S. The van der Waals surface area contributed by atoms with Crippen LogP contribution in [0.15, 0.2) is 41.8 Å². The lowest BCUT2D eigenvalue weighted by Gasteiger charge is -2.28. The van der Waals surface area contributed by atoms with Crippen molar-refractivity contribution in [3.05, 3.63) is 52.2 Å². The first-order valence-electron chi connectivity index (χ1n) is 9.77. The largest absolute Gasteiger partial charge is 0.416 e. The van der Waals surface area contributed by atoms with Crippen molar-refractivity contribution in [3.8, 4) is 0 Å². The predicted octanol–water partition coefficient (Wildman–Crippen LogP) is 3.45. The summed E-state index contributed by atoms with van der Waals surface area (Å²) < 4.78 is 37.7. The smallest absolute Gasteiger partial charge is 0.354 e. The van der Waals surface area contributed by atoms with Gasteiger partial charge >= 0.3 is 18.0 Å². The molecule has 1 aliphatic carbocycles. The normalized spacial score (nSPS) is 15.3. The van der Waals surface area contributed by atoms with E-state index in [0.717, 1.165) is 49.9 Å². The maximum atomic E-state index is 12.6. The van der Waals surface area contributed by atoms with Crippen LogP contribution in [-0.2, 0) is 26.0 Å². The van der Waals surface area contributed by atoms with Gasteiger partial charge < -0.3 is 16.0 Å². The summed E-state index contributed by atoms with van der Waals surface area (Å²) in [4.78, 5) is 37.2. The lowest BCUT2D eigenvalue weighted by atomic mass is 9.84. The van der Waals surface area contributed by atoms with E-state index in [1.807, 2.05) is 11.4 Å². The van der Waals surface area contributed by atoms with Gasteiger partial charge in [0.2, 0.25) is 5.91 Å². The predicted molar refractivity (Wildman–Crippen MR) is 111 cm³/mol. The molecule has 2 aromatic rings. The third-order valence-corrected chi connectivity index (χ3v) is 6.43. The molecule has 3 amide bonds. The summed E-state index contributed by atoms with van der Waals surface area (Å²) in [5.41, 5.74) is -0.917. The number of rotatable bonds is 6. The summed E-state index contributed by atoms with van der Waals surface area (Å²) >= 11 is 1.66. The Kier molecular flexibility index (Phi) is 6.99. The molecule has 0 saturated heterocycles. The number of halogens is 3. The minimum atomic E-state index is -4.49. The summed E-state index contributed by atoms with van der Waals surface area (Å²) in [5, 5.41) is 9.26.